The molecule has 0 bridgehead atoms. The third-order valence-electron chi connectivity index (χ3n) is 5.78. The van der Waals surface area contributed by atoms with E-state index in [1.807, 2.05) is 69.9 Å². The minimum absolute atomic E-state index is 0.0535. The SMILES string of the molecule is CCC[C@]1(c2ccccc2)NC(=O)N(CC(=O)N([C@H](C)CC)[C@@H](C)CC)C1=O. The lowest BCUT2D eigenvalue weighted by Crippen LogP contribution is -2.50. The van der Waals surface area contributed by atoms with Crippen molar-refractivity contribution >= 4 is 17.8 Å². The van der Waals surface area contributed by atoms with Crippen LogP contribution in [0, 0.1) is 0 Å². The van der Waals surface area contributed by atoms with Gasteiger partial charge in [-0.15, -0.1) is 0 Å². The molecule has 0 aromatic heterocycles. The number of carbonyl (C=O) groups is 3. The molecule has 0 spiro atoms. The molecule has 0 aliphatic carbocycles. The third kappa shape index (κ3) is 4.05. The average molecular weight is 388 g/mol. The Hall–Kier alpha value is -2.37. The smallest absolute Gasteiger partial charge is 0.325 e. The first kappa shape index (κ1) is 21.9. The van der Waals surface area contributed by atoms with Crippen molar-refractivity contribution in [2.45, 2.75) is 77.9 Å². The molecular weight excluding hydrogens is 354 g/mol. The summed E-state index contributed by atoms with van der Waals surface area (Å²) in [7, 11) is 0. The van der Waals surface area contributed by atoms with E-state index in [2.05, 4.69) is 5.32 Å². The van der Waals surface area contributed by atoms with E-state index in [1.165, 1.54) is 0 Å². The first-order valence-electron chi connectivity index (χ1n) is 10.3. The van der Waals surface area contributed by atoms with Gasteiger partial charge >= 0.3 is 6.03 Å². The molecule has 0 unspecified atom stereocenters. The summed E-state index contributed by atoms with van der Waals surface area (Å²) in [6.07, 6.45) is 2.86. The molecule has 28 heavy (non-hydrogen) atoms. The molecule has 2 rings (SSSR count). The summed E-state index contributed by atoms with van der Waals surface area (Å²) in [5.74, 6) is -0.528. The molecule has 4 amide bonds. The minimum Gasteiger partial charge on any atom is -0.336 e. The van der Waals surface area contributed by atoms with Crippen LogP contribution in [-0.4, -0.2) is 46.3 Å². The van der Waals surface area contributed by atoms with Gasteiger partial charge in [0.1, 0.15) is 12.1 Å². The third-order valence-corrected chi connectivity index (χ3v) is 5.78. The molecule has 1 heterocycles. The Morgan fingerprint density at radius 3 is 2.14 bits per heavy atom. The summed E-state index contributed by atoms with van der Waals surface area (Å²) in [5.41, 5.74) is -0.337. The van der Waals surface area contributed by atoms with E-state index in [0.717, 1.165) is 29.7 Å². The van der Waals surface area contributed by atoms with Crippen molar-refractivity contribution < 1.29 is 14.4 Å². The van der Waals surface area contributed by atoms with E-state index in [9.17, 15) is 14.4 Å². The molecule has 1 aromatic carbocycles. The number of urea groups is 1. The summed E-state index contributed by atoms with van der Waals surface area (Å²) < 4.78 is 0. The standard InChI is InChI=1S/C22H33N3O3/c1-6-14-22(18-12-10-9-11-13-18)20(27)24(21(28)23-22)15-19(26)25(16(4)7-2)17(5)8-3/h9-13,16-17H,6-8,14-15H2,1-5H3,(H,23,28)/t16-,17+,22-/m1/s1. The second kappa shape index (κ2) is 9.22. The lowest BCUT2D eigenvalue weighted by molar-refractivity contribution is -0.142. The maximum absolute atomic E-state index is 13.3. The number of hydrogen-bond donors (Lipinski definition) is 1. The molecule has 1 fully saturated rings. The van der Waals surface area contributed by atoms with Crippen LogP contribution >= 0.6 is 0 Å². The van der Waals surface area contributed by atoms with Crippen LogP contribution in [0.1, 0.15) is 65.9 Å². The maximum atomic E-state index is 13.3. The van der Waals surface area contributed by atoms with E-state index >= 15 is 0 Å². The van der Waals surface area contributed by atoms with Crippen molar-refractivity contribution in [2.75, 3.05) is 6.54 Å². The molecular formula is C22H33N3O3. The van der Waals surface area contributed by atoms with Crippen molar-refractivity contribution in [2.24, 2.45) is 0 Å². The van der Waals surface area contributed by atoms with Crippen molar-refractivity contribution in [3.63, 3.8) is 0 Å². The largest absolute Gasteiger partial charge is 0.336 e. The fourth-order valence-electron chi connectivity index (χ4n) is 3.91. The van der Waals surface area contributed by atoms with Crippen LogP contribution in [0.25, 0.3) is 0 Å². The Kier molecular flexibility index (Phi) is 7.22. The van der Waals surface area contributed by atoms with Crippen LogP contribution in [0.2, 0.25) is 0 Å². The second-order valence-corrected chi connectivity index (χ2v) is 7.66. The molecule has 0 radical (unpaired) electrons. The molecule has 1 aromatic rings. The highest BCUT2D eigenvalue weighted by Crippen LogP contribution is 2.33. The number of hydrogen-bond acceptors (Lipinski definition) is 3. The van der Waals surface area contributed by atoms with Crippen LogP contribution in [0.3, 0.4) is 0 Å². The first-order chi connectivity index (χ1) is 13.3. The highest BCUT2D eigenvalue weighted by Gasteiger charge is 2.52. The van der Waals surface area contributed by atoms with E-state index < -0.39 is 11.6 Å². The normalized spacial score (nSPS) is 21.4. The zero-order valence-electron chi connectivity index (χ0n) is 17.7. The van der Waals surface area contributed by atoms with E-state index in [1.54, 1.807) is 0 Å². The summed E-state index contributed by atoms with van der Waals surface area (Å²) in [6.45, 7) is 9.82. The van der Waals surface area contributed by atoms with E-state index in [4.69, 9.17) is 0 Å². The van der Waals surface area contributed by atoms with Crippen LogP contribution in [0.15, 0.2) is 30.3 Å². The van der Waals surface area contributed by atoms with Gasteiger partial charge in [-0.3, -0.25) is 14.5 Å². The van der Waals surface area contributed by atoms with Crippen LogP contribution in [-0.2, 0) is 15.1 Å². The van der Waals surface area contributed by atoms with Crippen molar-refractivity contribution in [1.29, 1.82) is 0 Å². The Morgan fingerprint density at radius 2 is 1.64 bits per heavy atom. The Balaban J connectivity index is 2.30. The molecule has 1 N–H and O–H groups in total. The van der Waals surface area contributed by atoms with Gasteiger partial charge in [0.2, 0.25) is 5.91 Å². The number of amides is 4. The van der Waals surface area contributed by atoms with Crippen molar-refractivity contribution in [3.05, 3.63) is 35.9 Å². The maximum Gasteiger partial charge on any atom is 0.325 e. The highest BCUT2D eigenvalue weighted by molar-refractivity contribution is 6.09. The van der Waals surface area contributed by atoms with Gasteiger partial charge in [0.25, 0.3) is 5.91 Å². The fourth-order valence-corrected chi connectivity index (χ4v) is 3.91. The summed E-state index contributed by atoms with van der Waals surface area (Å²) in [5, 5.41) is 2.88. The summed E-state index contributed by atoms with van der Waals surface area (Å²) in [6, 6.07) is 8.90. The quantitative estimate of drug-likeness (QED) is 0.658. The zero-order valence-corrected chi connectivity index (χ0v) is 17.7. The number of nitrogens with zero attached hydrogens (tertiary/aromatic N) is 2. The predicted molar refractivity (Wildman–Crippen MR) is 110 cm³/mol. The van der Waals surface area contributed by atoms with E-state index in [-0.39, 0.29) is 30.4 Å². The van der Waals surface area contributed by atoms with Crippen molar-refractivity contribution in [3.8, 4) is 0 Å². The minimum atomic E-state index is -1.09. The fraction of sp³-hybridized carbons (Fsp3) is 0.591. The van der Waals surface area contributed by atoms with Gasteiger partial charge in [-0.05, 0) is 38.7 Å². The monoisotopic (exact) mass is 387 g/mol. The number of carbonyl (C=O) groups excluding carboxylic acids is 3. The van der Waals surface area contributed by atoms with Gasteiger partial charge in [-0.2, -0.15) is 0 Å². The molecule has 154 valence electrons. The number of benzene rings is 1. The molecule has 0 saturated carbocycles. The number of rotatable bonds is 9. The molecule has 1 saturated heterocycles. The van der Waals surface area contributed by atoms with Gasteiger partial charge in [-0.1, -0.05) is 57.5 Å². The topological polar surface area (TPSA) is 69.7 Å². The van der Waals surface area contributed by atoms with Gasteiger partial charge < -0.3 is 10.2 Å². The van der Waals surface area contributed by atoms with Gasteiger partial charge in [-0.25, -0.2) is 4.79 Å². The van der Waals surface area contributed by atoms with Crippen molar-refractivity contribution in [1.82, 2.24) is 15.1 Å². The molecule has 1 aliphatic heterocycles. The average Bonchev–Trinajstić information content (AvgIpc) is 2.93. The highest BCUT2D eigenvalue weighted by atomic mass is 16.2. The zero-order chi connectivity index (χ0) is 20.9. The van der Waals surface area contributed by atoms with Crippen LogP contribution in [0.5, 0.6) is 0 Å². The summed E-state index contributed by atoms with van der Waals surface area (Å²) in [4.78, 5) is 42.0. The van der Waals surface area contributed by atoms with Crippen LogP contribution in [0.4, 0.5) is 4.79 Å². The van der Waals surface area contributed by atoms with Gasteiger partial charge in [0.05, 0.1) is 0 Å². The Labute approximate surface area is 168 Å². The lowest BCUT2D eigenvalue weighted by Gasteiger charge is -2.35. The molecule has 6 heteroatoms. The first-order valence-corrected chi connectivity index (χ1v) is 10.3. The summed E-state index contributed by atoms with van der Waals surface area (Å²) >= 11 is 0. The number of imide groups is 1. The Morgan fingerprint density at radius 1 is 1.07 bits per heavy atom. The molecule has 6 nitrogen and oxygen atoms in total. The lowest BCUT2D eigenvalue weighted by atomic mass is 9.85. The van der Waals surface area contributed by atoms with Gasteiger partial charge in [0, 0.05) is 12.1 Å². The van der Waals surface area contributed by atoms with Gasteiger partial charge in [0.15, 0.2) is 0 Å². The molecule has 1 aliphatic rings. The Bertz CT molecular complexity index is 696. The molecule has 3 atom stereocenters. The van der Waals surface area contributed by atoms with Crippen LogP contribution < -0.4 is 5.32 Å². The van der Waals surface area contributed by atoms with E-state index in [0.29, 0.717) is 6.42 Å². The number of nitrogens with one attached hydrogen (secondary N) is 1. The predicted octanol–water partition coefficient (Wildman–Crippen LogP) is 3.66. The second-order valence-electron chi connectivity index (χ2n) is 7.66.